The molecule has 96 valence electrons. The maximum absolute atomic E-state index is 12.2. The van der Waals surface area contributed by atoms with Crippen molar-refractivity contribution in [2.24, 2.45) is 0 Å². The van der Waals surface area contributed by atoms with Gasteiger partial charge in [0.1, 0.15) is 0 Å². The van der Waals surface area contributed by atoms with Crippen LogP contribution in [0.3, 0.4) is 0 Å². The largest absolute Gasteiger partial charge is 0.325 e. The van der Waals surface area contributed by atoms with Crippen LogP contribution in [0.15, 0.2) is 53.7 Å². The van der Waals surface area contributed by atoms with Crippen LogP contribution in [0.2, 0.25) is 0 Å². The number of nitrogens with one attached hydrogen (secondary N) is 1. The lowest BCUT2D eigenvalue weighted by molar-refractivity contribution is -0.115. The lowest BCUT2D eigenvalue weighted by Crippen LogP contribution is -2.23. The molecule has 0 saturated carbocycles. The van der Waals surface area contributed by atoms with Crippen molar-refractivity contribution in [2.45, 2.75) is 23.0 Å². The molecule has 19 heavy (non-hydrogen) atoms. The first kappa shape index (κ1) is 12.2. The number of hydrogen-bond donors (Lipinski definition) is 1. The van der Waals surface area contributed by atoms with Gasteiger partial charge < -0.3 is 5.32 Å². The predicted molar refractivity (Wildman–Crippen MR) is 77.3 cm³/mol. The number of thioether (sulfide) groups is 1. The number of para-hydroxylation sites is 1. The molecule has 2 aromatic rings. The maximum Gasteiger partial charge on any atom is 0.237 e. The summed E-state index contributed by atoms with van der Waals surface area (Å²) < 4.78 is 0. The average molecular weight is 270 g/mol. The Balaban J connectivity index is 1.78. The molecule has 2 heterocycles. The van der Waals surface area contributed by atoms with Crippen molar-refractivity contribution in [3.8, 4) is 0 Å². The molecule has 0 aliphatic carbocycles. The van der Waals surface area contributed by atoms with Gasteiger partial charge in [-0.2, -0.15) is 0 Å². The highest BCUT2D eigenvalue weighted by Crippen LogP contribution is 2.31. The molecule has 1 N–H and O–H groups in total. The molecule has 0 spiro atoms. The molecule has 1 aromatic carbocycles. The van der Waals surface area contributed by atoms with Crippen molar-refractivity contribution in [3.05, 3.63) is 54.4 Å². The summed E-state index contributed by atoms with van der Waals surface area (Å²) in [4.78, 5) is 17.3. The van der Waals surface area contributed by atoms with E-state index in [4.69, 9.17) is 0 Å². The molecular weight excluding hydrogens is 256 g/mol. The fourth-order valence-electron chi connectivity index (χ4n) is 2.18. The topological polar surface area (TPSA) is 42.0 Å². The van der Waals surface area contributed by atoms with Gasteiger partial charge in [0.15, 0.2) is 0 Å². The number of aromatic nitrogens is 1. The van der Waals surface area contributed by atoms with Crippen LogP contribution >= 0.6 is 11.8 Å². The molecule has 0 radical (unpaired) electrons. The fraction of sp³-hybridized carbons (Fsp3) is 0.200. The van der Waals surface area contributed by atoms with E-state index in [1.54, 1.807) is 24.2 Å². The summed E-state index contributed by atoms with van der Waals surface area (Å²) >= 11 is 1.60. The normalized spacial score (nSPS) is 18.3. The summed E-state index contributed by atoms with van der Waals surface area (Å²) in [5.74, 6) is 0.0896. The molecule has 0 saturated heterocycles. The van der Waals surface area contributed by atoms with Crippen molar-refractivity contribution in [1.82, 2.24) is 4.98 Å². The van der Waals surface area contributed by atoms with Crippen molar-refractivity contribution in [2.75, 3.05) is 5.32 Å². The van der Waals surface area contributed by atoms with Gasteiger partial charge in [-0.25, -0.2) is 0 Å². The highest BCUT2D eigenvalue weighted by atomic mass is 32.2. The maximum atomic E-state index is 12.2. The summed E-state index contributed by atoms with van der Waals surface area (Å²) in [6, 6.07) is 11.9. The van der Waals surface area contributed by atoms with Crippen molar-refractivity contribution in [1.29, 1.82) is 0 Å². The Kier molecular flexibility index (Phi) is 3.51. The van der Waals surface area contributed by atoms with E-state index in [0.29, 0.717) is 0 Å². The van der Waals surface area contributed by atoms with Crippen molar-refractivity contribution in [3.63, 3.8) is 0 Å². The fourth-order valence-corrected chi connectivity index (χ4v) is 3.19. The highest BCUT2D eigenvalue weighted by Gasteiger charge is 2.24. The number of carbonyl (C=O) groups excluding carboxylic acids is 1. The lowest BCUT2D eigenvalue weighted by Gasteiger charge is -2.12. The van der Waals surface area contributed by atoms with Crippen LogP contribution in [-0.2, 0) is 11.2 Å². The summed E-state index contributed by atoms with van der Waals surface area (Å²) in [6.07, 6.45) is 5.30. The zero-order chi connectivity index (χ0) is 13.1. The van der Waals surface area contributed by atoms with E-state index in [-0.39, 0.29) is 11.2 Å². The molecule has 1 aromatic heterocycles. The number of anilines is 1. The number of hydrogen-bond acceptors (Lipinski definition) is 3. The van der Waals surface area contributed by atoms with Crippen LogP contribution < -0.4 is 5.32 Å². The minimum atomic E-state index is -0.0465. The monoisotopic (exact) mass is 270 g/mol. The van der Waals surface area contributed by atoms with Crippen molar-refractivity contribution >= 4 is 23.4 Å². The van der Waals surface area contributed by atoms with E-state index < -0.39 is 0 Å². The Morgan fingerprint density at radius 3 is 2.79 bits per heavy atom. The number of pyridine rings is 1. The third-order valence-electron chi connectivity index (χ3n) is 3.17. The van der Waals surface area contributed by atoms with Crippen LogP contribution in [0.1, 0.15) is 12.0 Å². The molecule has 1 aliphatic rings. The minimum absolute atomic E-state index is 0.0465. The van der Waals surface area contributed by atoms with Gasteiger partial charge in [0.05, 0.1) is 5.25 Å². The molecular formula is C15H14N2OS. The number of nitrogens with zero attached hydrogens (tertiary/aromatic N) is 1. The molecule has 1 atom stereocenters. The van der Waals surface area contributed by atoms with Gasteiger partial charge in [0.25, 0.3) is 0 Å². The SMILES string of the molecule is O=C1Nc2ccccc2CC[C@@H]1Sc1ccncc1. The Morgan fingerprint density at radius 2 is 1.95 bits per heavy atom. The summed E-state index contributed by atoms with van der Waals surface area (Å²) in [7, 11) is 0. The smallest absolute Gasteiger partial charge is 0.237 e. The zero-order valence-corrected chi connectivity index (χ0v) is 11.2. The summed E-state index contributed by atoms with van der Waals surface area (Å²) in [5.41, 5.74) is 2.17. The Hall–Kier alpha value is -1.81. The summed E-state index contributed by atoms with van der Waals surface area (Å²) in [6.45, 7) is 0. The zero-order valence-electron chi connectivity index (χ0n) is 10.4. The van der Waals surface area contributed by atoms with E-state index in [2.05, 4.69) is 16.4 Å². The van der Waals surface area contributed by atoms with Gasteiger partial charge >= 0.3 is 0 Å². The minimum Gasteiger partial charge on any atom is -0.325 e. The first-order chi connectivity index (χ1) is 9.33. The molecule has 0 bridgehead atoms. The number of aryl methyl sites for hydroxylation is 1. The van der Waals surface area contributed by atoms with Crippen LogP contribution in [0.5, 0.6) is 0 Å². The molecule has 3 rings (SSSR count). The third-order valence-corrected chi connectivity index (χ3v) is 4.45. The molecule has 1 aliphatic heterocycles. The quantitative estimate of drug-likeness (QED) is 0.911. The predicted octanol–water partition coefficient (Wildman–Crippen LogP) is 3.13. The standard InChI is InChI=1S/C15H14N2OS/c18-15-14(19-12-7-9-16-10-8-12)6-5-11-3-1-2-4-13(11)17-15/h1-4,7-10,14H,5-6H2,(H,17,18)/t14-/m0/s1. The Labute approximate surface area is 116 Å². The Morgan fingerprint density at radius 1 is 1.16 bits per heavy atom. The number of benzene rings is 1. The van der Waals surface area contributed by atoms with Gasteiger partial charge in [0, 0.05) is 23.0 Å². The molecule has 0 unspecified atom stereocenters. The second kappa shape index (κ2) is 5.45. The average Bonchev–Trinajstić information content (AvgIpc) is 2.60. The number of carbonyl (C=O) groups is 1. The van der Waals surface area contributed by atoms with Crippen LogP contribution in [-0.4, -0.2) is 16.1 Å². The van der Waals surface area contributed by atoms with Gasteiger partial charge in [0.2, 0.25) is 5.91 Å². The molecule has 0 fully saturated rings. The van der Waals surface area contributed by atoms with Crippen LogP contribution in [0.25, 0.3) is 0 Å². The summed E-state index contributed by atoms with van der Waals surface area (Å²) in [5, 5.41) is 2.97. The Bertz CT molecular complexity index is 586. The van der Waals surface area contributed by atoms with E-state index in [0.717, 1.165) is 23.4 Å². The first-order valence-corrected chi connectivity index (χ1v) is 7.16. The molecule has 3 nitrogen and oxygen atoms in total. The van der Waals surface area contributed by atoms with Gasteiger partial charge in [-0.3, -0.25) is 9.78 Å². The van der Waals surface area contributed by atoms with E-state index in [1.807, 2.05) is 30.3 Å². The highest BCUT2D eigenvalue weighted by molar-refractivity contribution is 8.00. The molecule has 4 heteroatoms. The van der Waals surface area contributed by atoms with Gasteiger partial charge in [-0.15, -0.1) is 11.8 Å². The van der Waals surface area contributed by atoms with Crippen LogP contribution in [0, 0.1) is 0 Å². The van der Waals surface area contributed by atoms with Gasteiger partial charge in [-0.1, -0.05) is 18.2 Å². The third kappa shape index (κ3) is 2.79. The van der Waals surface area contributed by atoms with E-state index in [1.165, 1.54) is 5.56 Å². The second-order valence-corrected chi connectivity index (χ2v) is 5.75. The van der Waals surface area contributed by atoms with Crippen molar-refractivity contribution < 1.29 is 4.79 Å². The van der Waals surface area contributed by atoms with Crippen LogP contribution in [0.4, 0.5) is 5.69 Å². The number of fused-ring (bicyclic) bond motifs is 1. The second-order valence-electron chi connectivity index (χ2n) is 4.47. The van der Waals surface area contributed by atoms with E-state index >= 15 is 0 Å². The molecule has 1 amide bonds. The van der Waals surface area contributed by atoms with E-state index in [9.17, 15) is 4.79 Å². The number of amides is 1. The van der Waals surface area contributed by atoms with Gasteiger partial charge in [-0.05, 0) is 36.6 Å². The first-order valence-electron chi connectivity index (χ1n) is 6.28. The number of rotatable bonds is 2. The lowest BCUT2D eigenvalue weighted by atomic mass is 10.1.